The standard InChI is InChI=1S/C21H24N2O3S/c1-12-8-9-16(11-13(12)2)18-14(3)27-20-19(18)21(25)23(15(4)22-20)10-6-7-17(24)26-5/h8-9,11H,6-7,10H2,1-5H3. The van der Waals surface area contributed by atoms with Gasteiger partial charge in [-0.3, -0.25) is 14.2 Å². The number of aromatic nitrogens is 2. The summed E-state index contributed by atoms with van der Waals surface area (Å²) in [6.07, 6.45) is 0.829. The van der Waals surface area contributed by atoms with Crippen molar-refractivity contribution in [2.75, 3.05) is 7.11 Å². The second-order valence-electron chi connectivity index (χ2n) is 6.81. The summed E-state index contributed by atoms with van der Waals surface area (Å²) in [7, 11) is 1.37. The maximum Gasteiger partial charge on any atom is 0.305 e. The molecule has 0 aliphatic heterocycles. The van der Waals surface area contributed by atoms with Crippen LogP contribution < -0.4 is 5.56 Å². The number of fused-ring (bicyclic) bond motifs is 1. The molecule has 3 rings (SSSR count). The lowest BCUT2D eigenvalue weighted by atomic mass is 9.99. The van der Waals surface area contributed by atoms with Crippen molar-refractivity contribution < 1.29 is 9.53 Å². The van der Waals surface area contributed by atoms with Crippen LogP contribution >= 0.6 is 11.3 Å². The lowest BCUT2D eigenvalue weighted by Crippen LogP contribution is -2.24. The van der Waals surface area contributed by atoms with Crippen molar-refractivity contribution in [2.45, 2.75) is 47.1 Å². The van der Waals surface area contributed by atoms with Gasteiger partial charge in [0, 0.05) is 23.4 Å². The first-order chi connectivity index (χ1) is 12.8. The van der Waals surface area contributed by atoms with E-state index in [-0.39, 0.29) is 17.9 Å². The van der Waals surface area contributed by atoms with Crippen LogP contribution in [-0.2, 0) is 16.1 Å². The van der Waals surface area contributed by atoms with Crippen LogP contribution in [0.3, 0.4) is 0 Å². The number of carbonyl (C=O) groups excluding carboxylic acids is 1. The molecule has 0 radical (unpaired) electrons. The third-order valence-electron chi connectivity index (χ3n) is 4.96. The Kier molecular flexibility index (Phi) is 5.46. The summed E-state index contributed by atoms with van der Waals surface area (Å²) in [6, 6.07) is 6.28. The van der Waals surface area contributed by atoms with Gasteiger partial charge in [0.05, 0.1) is 12.5 Å². The van der Waals surface area contributed by atoms with Crippen molar-refractivity contribution in [3.05, 3.63) is 50.4 Å². The topological polar surface area (TPSA) is 61.2 Å². The Morgan fingerprint density at radius 2 is 1.93 bits per heavy atom. The quantitative estimate of drug-likeness (QED) is 0.615. The predicted molar refractivity (Wildman–Crippen MR) is 110 cm³/mol. The first-order valence-electron chi connectivity index (χ1n) is 8.98. The van der Waals surface area contributed by atoms with Crippen molar-refractivity contribution >= 4 is 27.5 Å². The number of carbonyl (C=O) groups is 1. The number of rotatable bonds is 5. The van der Waals surface area contributed by atoms with Gasteiger partial charge in [0.25, 0.3) is 5.56 Å². The summed E-state index contributed by atoms with van der Waals surface area (Å²) in [4.78, 5) is 31.2. The summed E-state index contributed by atoms with van der Waals surface area (Å²) in [5.74, 6) is 0.405. The van der Waals surface area contributed by atoms with Crippen LogP contribution in [0.4, 0.5) is 0 Å². The van der Waals surface area contributed by atoms with Crippen molar-refractivity contribution in [1.82, 2.24) is 9.55 Å². The second-order valence-corrected chi connectivity index (χ2v) is 8.01. The van der Waals surface area contributed by atoms with E-state index in [2.05, 4.69) is 41.8 Å². The Hall–Kier alpha value is -2.47. The molecular formula is C21H24N2O3S. The molecule has 5 nitrogen and oxygen atoms in total. The number of methoxy groups -OCH3 is 1. The Balaban J connectivity index is 2.11. The molecule has 27 heavy (non-hydrogen) atoms. The monoisotopic (exact) mass is 384 g/mol. The molecule has 0 atom stereocenters. The number of nitrogens with zero attached hydrogens (tertiary/aromatic N) is 2. The van der Waals surface area contributed by atoms with Crippen LogP contribution in [0.5, 0.6) is 0 Å². The zero-order valence-electron chi connectivity index (χ0n) is 16.4. The molecule has 6 heteroatoms. The summed E-state index contributed by atoms with van der Waals surface area (Å²) < 4.78 is 6.35. The fourth-order valence-corrected chi connectivity index (χ4v) is 4.37. The van der Waals surface area contributed by atoms with Crippen molar-refractivity contribution in [3.63, 3.8) is 0 Å². The van der Waals surface area contributed by atoms with E-state index < -0.39 is 0 Å². The minimum absolute atomic E-state index is 0.0417. The van der Waals surface area contributed by atoms with Gasteiger partial charge in [0.15, 0.2) is 0 Å². The highest BCUT2D eigenvalue weighted by atomic mass is 32.1. The predicted octanol–water partition coefficient (Wildman–Crippen LogP) is 4.31. The number of hydrogen-bond donors (Lipinski definition) is 0. The van der Waals surface area contributed by atoms with Crippen LogP contribution in [0.25, 0.3) is 21.3 Å². The highest BCUT2D eigenvalue weighted by Crippen LogP contribution is 2.36. The van der Waals surface area contributed by atoms with E-state index in [1.54, 1.807) is 15.9 Å². The van der Waals surface area contributed by atoms with E-state index in [4.69, 9.17) is 0 Å². The van der Waals surface area contributed by atoms with Gasteiger partial charge in [-0.1, -0.05) is 18.2 Å². The molecule has 0 amide bonds. The SMILES string of the molecule is COC(=O)CCCn1c(C)nc2sc(C)c(-c3ccc(C)c(C)c3)c2c1=O. The molecule has 2 aromatic heterocycles. The minimum atomic E-state index is -0.267. The molecule has 0 spiro atoms. The molecule has 3 aromatic rings. The average molecular weight is 385 g/mol. The maximum atomic E-state index is 13.3. The van der Waals surface area contributed by atoms with Crippen LogP contribution in [0.15, 0.2) is 23.0 Å². The molecule has 2 heterocycles. The van der Waals surface area contributed by atoms with E-state index in [0.29, 0.717) is 24.2 Å². The summed E-state index contributed by atoms with van der Waals surface area (Å²) in [6.45, 7) is 8.48. The van der Waals surface area contributed by atoms with Gasteiger partial charge in [0.2, 0.25) is 0 Å². The van der Waals surface area contributed by atoms with E-state index in [1.807, 2.05) is 13.8 Å². The Labute approximate surface area is 162 Å². The van der Waals surface area contributed by atoms with E-state index in [0.717, 1.165) is 20.8 Å². The van der Waals surface area contributed by atoms with Crippen molar-refractivity contribution in [3.8, 4) is 11.1 Å². The van der Waals surface area contributed by atoms with Gasteiger partial charge < -0.3 is 4.74 Å². The fourth-order valence-electron chi connectivity index (χ4n) is 3.29. The largest absolute Gasteiger partial charge is 0.469 e. The Morgan fingerprint density at radius 1 is 1.19 bits per heavy atom. The number of esters is 1. The number of hydrogen-bond acceptors (Lipinski definition) is 5. The van der Waals surface area contributed by atoms with Crippen LogP contribution in [-0.4, -0.2) is 22.6 Å². The number of aryl methyl sites for hydroxylation is 4. The first-order valence-corrected chi connectivity index (χ1v) is 9.80. The van der Waals surface area contributed by atoms with Gasteiger partial charge in [-0.15, -0.1) is 11.3 Å². The molecule has 0 fully saturated rings. The highest BCUT2D eigenvalue weighted by Gasteiger charge is 2.19. The minimum Gasteiger partial charge on any atom is -0.469 e. The molecule has 0 unspecified atom stereocenters. The van der Waals surface area contributed by atoms with Crippen LogP contribution in [0, 0.1) is 27.7 Å². The first kappa shape index (κ1) is 19.3. The molecule has 0 aliphatic carbocycles. The van der Waals surface area contributed by atoms with E-state index >= 15 is 0 Å². The van der Waals surface area contributed by atoms with Gasteiger partial charge >= 0.3 is 5.97 Å². The zero-order chi connectivity index (χ0) is 19.7. The van der Waals surface area contributed by atoms with E-state index in [1.165, 1.54) is 18.2 Å². The smallest absolute Gasteiger partial charge is 0.305 e. The Bertz CT molecular complexity index is 1080. The van der Waals surface area contributed by atoms with Gasteiger partial charge in [-0.25, -0.2) is 4.98 Å². The zero-order valence-corrected chi connectivity index (χ0v) is 17.2. The lowest BCUT2D eigenvalue weighted by Gasteiger charge is -2.10. The normalized spacial score (nSPS) is 11.1. The molecule has 0 aliphatic rings. The lowest BCUT2D eigenvalue weighted by molar-refractivity contribution is -0.140. The second kappa shape index (κ2) is 7.64. The van der Waals surface area contributed by atoms with Gasteiger partial charge in [-0.05, 0) is 50.8 Å². The van der Waals surface area contributed by atoms with Crippen LogP contribution in [0.1, 0.15) is 34.7 Å². The Morgan fingerprint density at radius 3 is 2.59 bits per heavy atom. The van der Waals surface area contributed by atoms with E-state index in [9.17, 15) is 9.59 Å². The molecule has 0 N–H and O–H groups in total. The molecule has 142 valence electrons. The van der Waals surface area contributed by atoms with Crippen molar-refractivity contribution in [2.24, 2.45) is 0 Å². The number of benzene rings is 1. The molecule has 1 aromatic carbocycles. The molecular weight excluding hydrogens is 360 g/mol. The average Bonchev–Trinajstić information content (AvgIpc) is 2.95. The molecule has 0 saturated carbocycles. The van der Waals surface area contributed by atoms with Crippen LogP contribution in [0.2, 0.25) is 0 Å². The fraction of sp³-hybridized carbons (Fsp3) is 0.381. The third kappa shape index (κ3) is 3.67. The summed E-state index contributed by atoms with van der Waals surface area (Å²) in [5.41, 5.74) is 4.40. The molecule has 0 saturated heterocycles. The third-order valence-corrected chi connectivity index (χ3v) is 5.96. The maximum absolute atomic E-state index is 13.3. The summed E-state index contributed by atoms with van der Waals surface area (Å²) in [5, 5.41) is 0.671. The van der Waals surface area contributed by atoms with Gasteiger partial charge in [0.1, 0.15) is 10.7 Å². The van der Waals surface area contributed by atoms with Crippen molar-refractivity contribution in [1.29, 1.82) is 0 Å². The van der Waals surface area contributed by atoms with Gasteiger partial charge in [-0.2, -0.15) is 0 Å². The molecule has 0 bridgehead atoms. The number of ether oxygens (including phenoxy) is 1. The number of thiophene rings is 1. The highest BCUT2D eigenvalue weighted by molar-refractivity contribution is 7.19. The summed E-state index contributed by atoms with van der Waals surface area (Å²) >= 11 is 1.55.